The molecule has 0 aliphatic carbocycles. The lowest BCUT2D eigenvalue weighted by Gasteiger charge is -2.25. The van der Waals surface area contributed by atoms with Gasteiger partial charge in [0.25, 0.3) is 5.91 Å². The number of aromatic nitrogens is 2. The maximum Gasteiger partial charge on any atom is 0.328 e. The molecule has 0 spiro atoms. The van der Waals surface area contributed by atoms with Crippen LogP contribution in [0.5, 0.6) is 0 Å². The van der Waals surface area contributed by atoms with Gasteiger partial charge < -0.3 is 9.88 Å². The van der Waals surface area contributed by atoms with Crippen molar-refractivity contribution in [1.29, 1.82) is 0 Å². The van der Waals surface area contributed by atoms with Gasteiger partial charge >= 0.3 is 6.03 Å². The van der Waals surface area contributed by atoms with Crippen LogP contribution in [0.15, 0.2) is 6.33 Å². The minimum absolute atomic E-state index is 0.0908. The Morgan fingerprint density at radius 1 is 1.47 bits per heavy atom. The van der Waals surface area contributed by atoms with Crippen LogP contribution in [0.2, 0.25) is 0 Å². The summed E-state index contributed by atoms with van der Waals surface area (Å²) in [6, 6.07) is -0.636. The highest BCUT2D eigenvalue weighted by Gasteiger charge is 2.48. The van der Waals surface area contributed by atoms with Crippen molar-refractivity contribution in [2.75, 3.05) is 0 Å². The first-order chi connectivity index (χ1) is 8.09. The minimum atomic E-state index is -0.360. The molecule has 1 aromatic rings. The molecule has 0 aromatic carbocycles. The smallest absolute Gasteiger partial charge is 0.328 e. The molecule has 0 saturated carbocycles. The second-order valence-corrected chi connectivity index (χ2v) is 4.76. The van der Waals surface area contributed by atoms with Crippen LogP contribution in [0.3, 0.4) is 0 Å². The van der Waals surface area contributed by atoms with Crippen LogP contribution in [0.25, 0.3) is 0 Å². The molecular weight excluding hydrogens is 220 g/mol. The predicted octanol–water partition coefficient (Wildman–Crippen LogP) is 0.507. The van der Waals surface area contributed by atoms with Crippen molar-refractivity contribution in [3.8, 4) is 0 Å². The number of urea groups is 1. The van der Waals surface area contributed by atoms with Gasteiger partial charge in [-0.15, -0.1) is 0 Å². The predicted molar refractivity (Wildman–Crippen MR) is 59.0 cm³/mol. The largest absolute Gasteiger partial charge is 0.347 e. The number of nitrogens with one attached hydrogen (secondary N) is 1. The maximum absolute atomic E-state index is 12.1. The molecule has 3 rings (SSSR count). The molecule has 90 valence electrons. The first-order valence-corrected chi connectivity index (χ1v) is 5.74. The quantitative estimate of drug-likeness (QED) is 0.720. The Labute approximate surface area is 98.6 Å². The number of imide groups is 1. The molecule has 0 unspecified atom stereocenters. The SMILES string of the molecule is CC(C)N1C(=O)[C@@H]2Cc3nc[nH]c3CN2C1=O. The van der Waals surface area contributed by atoms with E-state index < -0.39 is 0 Å². The number of carbonyl (C=O) groups excluding carboxylic acids is 2. The third-order valence-electron chi connectivity index (χ3n) is 3.39. The second-order valence-electron chi connectivity index (χ2n) is 4.76. The highest BCUT2D eigenvalue weighted by atomic mass is 16.2. The summed E-state index contributed by atoms with van der Waals surface area (Å²) in [5, 5.41) is 0. The monoisotopic (exact) mass is 234 g/mol. The number of hydrogen-bond donors (Lipinski definition) is 1. The van der Waals surface area contributed by atoms with Crippen LogP contribution >= 0.6 is 0 Å². The van der Waals surface area contributed by atoms with Crippen molar-refractivity contribution < 1.29 is 9.59 Å². The number of fused-ring (bicyclic) bond motifs is 2. The third-order valence-corrected chi connectivity index (χ3v) is 3.39. The molecule has 6 heteroatoms. The molecule has 1 atom stereocenters. The highest BCUT2D eigenvalue weighted by molar-refractivity contribution is 6.04. The van der Waals surface area contributed by atoms with Crippen molar-refractivity contribution in [2.24, 2.45) is 0 Å². The van der Waals surface area contributed by atoms with Gasteiger partial charge in [-0.3, -0.25) is 9.69 Å². The zero-order valence-electron chi connectivity index (χ0n) is 9.80. The first kappa shape index (κ1) is 10.3. The summed E-state index contributed by atoms with van der Waals surface area (Å²) in [7, 11) is 0. The third kappa shape index (κ3) is 1.30. The van der Waals surface area contributed by atoms with Crippen molar-refractivity contribution in [3.63, 3.8) is 0 Å². The number of imidazole rings is 1. The number of H-pyrrole nitrogens is 1. The lowest BCUT2D eigenvalue weighted by atomic mass is 10.0. The van der Waals surface area contributed by atoms with E-state index in [2.05, 4.69) is 9.97 Å². The number of nitrogens with zero attached hydrogens (tertiary/aromatic N) is 3. The normalized spacial score (nSPS) is 23.4. The molecule has 2 aliphatic rings. The summed E-state index contributed by atoms with van der Waals surface area (Å²) in [5.74, 6) is -0.0985. The zero-order chi connectivity index (χ0) is 12.2. The molecule has 2 aliphatic heterocycles. The topological polar surface area (TPSA) is 69.3 Å². The van der Waals surface area contributed by atoms with Crippen LogP contribution in [0.1, 0.15) is 25.2 Å². The number of rotatable bonds is 1. The van der Waals surface area contributed by atoms with Gasteiger partial charge in [0.1, 0.15) is 6.04 Å². The number of aromatic amines is 1. The highest BCUT2D eigenvalue weighted by Crippen LogP contribution is 2.29. The van der Waals surface area contributed by atoms with E-state index in [4.69, 9.17) is 0 Å². The Bertz CT molecular complexity index is 455. The van der Waals surface area contributed by atoms with Gasteiger partial charge in [-0.05, 0) is 13.8 Å². The first-order valence-electron chi connectivity index (χ1n) is 5.74. The molecule has 6 nitrogen and oxygen atoms in total. The average Bonchev–Trinajstić information content (AvgIpc) is 2.81. The van der Waals surface area contributed by atoms with Gasteiger partial charge in [0.15, 0.2) is 0 Å². The zero-order valence-corrected chi connectivity index (χ0v) is 9.80. The molecule has 1 saturated heterocycles. The van der Waals surface area contributed by atoms with Crippen LogP contribution in [-0.4, -0.2) is 43.8 Å². The number of amides is 3. The summed E-state index contributed by atoms with van der Waals surface area (Å²) in [6.07, 6.45) is 2.13. The second kappa shape index (κ2) is 3.32. The lowest BCUT2D eigenvalue weighted by Crippen LogP contribution is -2.40. The summed E-state index contributed by atoms with van der Waals surface area (Å²) in [5.41, 5.74) is 1.84. The Hall–Kier alpha value is -1.85. The minimum Gasteiger partial charge on any atom is -0.347 e. The molecule has 0 radical (unpaired) electrons. The summed E-state index contributed by atoms with van der Waals surface area (Å²) < 4.78 is 0. The van der Waals surface area contributed by atoms with E-state index in [1.54, 1.807) is 11.2 Å². The van der Waals surface area contributed by atoms with Crippen molar-refractivity contribution in [2.45, 2.75) is 38.9 Å². The van der Waals surface area contributed by atoms with Gasteiger partial charge in [-0.1, -0.05) is 0 Å². The summed E-state index contributed by atoms with van der Waals surface area (Å²) >= 11 is 0. The van der Waals surface area contributed by atoms with Crippen LogP contribution in [0, 0.1) is 0 Å². The Balaban J connectivity index is 1.97. The average molecular weight is 234 g/mol. The molecule has 1 N–H and O–H groups in total. The van der Waals surface area contributed by atoms with E-state index in [9.17, 15) is 9.59 Å². The number of carbonyl (C=O) groups is 2. The van der Waals surface area contributed by atoms with Crippen LogP contribution < -0.4 is 0 Å². The van der Waals surface area contributed by atoms with Crippen LogP contribution in [0.4, 0.5) is 4.79 Å². The van der Waals surface area contributed by atoms with Gasteiger partial charge in [0.05, 0.1) is 24.3 Å². The van der Waals surface area contributed by atoms with Gasteiger partial charge in [-0.25, -0.2) is 9.78 Å². The Kier molecular flexibility index (Phi) is 2.01. The lowest BCUT2D eigenvalue weighted by molar-refractivity contribution is -0.129. The van der Waals surface area contributed by atoms with E-state index >= 15 is 0 Å². The number of hydrogen-bond acceptors (Lipinski definition) is 3. The molecule has 0 bridgehead atoms. The van der Waals surface area contributed by atoms with Crippen molar-refractivity contribution >= 4 is 11.9 Å². The molecule has 1 fully saturated rings. The van der Waals surface area contributed by atoms with Gasteiger partial charge in [0.2, 0.25) is 0 Å². The molecule has 3 heterocycles. The van der Waals surface area contributed by atoms with E-state index in [1.165, 1.54) is 4.90 Å². The Morgan fingerprint density at radius 3 is 2.94 bits per heavy atom. The summed E-state index contributed by atoms with van der Waals surface area (Å²) in [4.78, 5) is 34.4. The molecule has 3 amide bonds. The summed E-state index contributed by atoms with van der Waals surface area (Å²) in [6.45, 7) is 4.16. The van der Waals surface area contributed by atoms with E-state index in [-0.39, 0.29) is 24.0 Å². The van der Waals surface area contributed by atoms with Gasteiger partial charge in [0, 0.05) is 12.5 Å². The Morgan fingerprint density at radius 2 is 2.24 bits per heavy atom. The standard InChI is InChI=1S/C11H14N4O2/c1-6(2)15-10(16)9-3-7-8(13-5-12-7)4-14(9)11(15)17/h5-6,9H,3-4H2,1-2H3,(H,12,13)/t9-/m0/s1. The fourth-order valence-electron chi connectivity index (χ4n) is 2.53. The van der Waals surface area contributed by atoms with E-state index in [0.717, 1.165) is 11.4 Å². The fraction of sp³-hybridized carbons (Fsp3) is 0.545. The van der Waals surface area contributed by atoms with E-state index in [1.807, 2.05) is 13.8 Å². The molecule has 1 aromatic heterocycles. The van der Waals surface area contributed by atoms with Gasteiger partial charge in [-0.2, -0.15) is 0 Å². The van der Waals surface area contributed by atoms with E-state index in [0.29, 0.717) is 13.0 Å². The molecule has 17 heavy (non-hydrogen) atoms. The maximum atomic E-state index is 12.1. The fourth-order valence-corrected chi connectivity index (χ4v) is 2.53. The molecular formula is C11H14N4O2. The van der Waals surface area contributed by atoms with Crippen LogP contribution in [-0.2, 0) is 17.8 Å². The van der Waals surface area contributed by atoms with Crippen molar-refractivity contribution in [3.05, 3.63) is 17.7 Å². The van der Waals surface area contributed by atoms with Crippen molar-refractivity contribution in [1.82, 2.24) is 19.8 Å².